The van der Waals surface area contributed by atoms with E-state index in [0.717, 1.165) is 6.20 Å². The predicted molar refractivity (Wildman–Crippen MR) is 59.0 cm³/mol. The molecule has 0 aliphatic carbocycles. The lowest BCUT2D eigenvalue weighted by atomic mass is 10.6. The van der Waals surface area contributed by atoms with Gasteiger partial charge in [0.05, 0.1) is 19.3 Å². The number of alkyl halides is 2. The van der Waals surface area contributed by atoms with Gasteiger partial charge in [-0.1, -0.05) is 22.9 Å². The minimum atomic E-state index is -4.07. The van der Waals surface area contributed by atoms with Gasteiger partial charge in [-0.15, -0.1) is 0 Å². The second-order valence-electron chi connectivity index (χ2n) is 2.91. The summed E-state index contributed by atoms with van der Waals surface area (Å²) in [4.78, 5) is 3.53. The van der Waals surface area contributed by atoms with Crippen LogP contribution in [0.15, 0.2) is 10.4 Å². The van der Waals surface area contributed by atoms with Crippen molar-refractivity contribution in [1.29, 1.82) is 0 Å². The Bertz CT molecular complexity index is 465. The van der Waals surface area contributed by atoms with Crippen LogP contribution in [0.4, 0.5) is 8.78 Å². The van der Waals surface area contributed by atoms with Gasteiger partial charge in [-0.25, -0.2) is 22.2 Å². The van der Waals surface area contributed by atoms with Gasteiger partial charge in [-0.2, -0.15) is 4.31 Å². The lowest BCUT2D eigenvalue weighted by Crippen LogP contribution is -2.36. The summed E-state index contributed by atoms with van der Waals surface area (Å²) in [6.45, 7) is -1.92. The highest BCUT2D eigenvalue weighted by Crippen LogP contribution is 2.25. The normalized spacial score (nSPS) is 12.6. The van der Waals surface area contributed by atoms with E-state index in [4.69, 9.17) is 16.7 Å². The molecule has 0 spiro atoms. The fraction of sp³-hybridized carbons (Fsp3) is 0.571. The van der Waals surface area contributed by atoms with Crippen molar-refractivity contribution in [3.8, 4) is 0 Å². The van der Waals surface area contributed by atoms with Crippen molar-refractivity contribution in [2.75, 3.05) is 19.7 Å². The molecule has 0 saturated carbocycles. The molecule has 0 aliphatic heterocycles. The van der Waals surface area contributed by atoms with E-state index in [2.05, 4.69) is 4.98 Å². The first kappa shape index (κ1) is 14.7. The van der Waals surface area contributed by atoms with Crippen LogP contribution in [0.1, 0.15) is 0 Å². The average Bonchev–Trinajstić information content (AvgIpc) is 2.64. The SMILES string of the molecule is O=S(=O)(c1cnc(Cl)s1)N(CCO)CC(F)F. The van der Waals surface area contributed by atoms with Gasteiger partial charge in [0.25, 0.3) is 16.4 Å². The Hall–Kier alpha value is -0.350. The number of aliphatic hydroxyl groups is 1. The van der Waals surface area contributed by atoms with Crippen molar-refractivity contribution in [3.63, 3.8) is 0 Å². The Morgan fingerprint density at radius 2 is 2.24 bits per heavy atom. The van der Waals surface area contributed by atoms with Crippen LogP contribution >= 0.6 is 22.9 Å². The van der Waals surface area contributed by atoms with E-state index in [9.17, 15) is 17.2 Å². The Labute approximate surface area is 106 Å². The molecule has 0 atom stereocenters. The molecule has 0 aliphatic rings. The summed E-state index contributed by atoms with van der Waals surface area (Å²) >= 11 is 6.15. The third kappa shape index (κ3) is 3.81. The minimum absolute atomic E-state index is 0.00423. The average molecular weight is 307 g/mol. The van der Waals surface area contributed by atoms with Crippen molar-refractivity contribution in [1.82, 2.24) is 9.29 Å². The van der Waals surface area contributed by atoms with Gasteiger partial charge >= 0.3 is 0 Å². The van der Waals surface area contributed by atoms with Crippen molar-refractivity contribution >= 4 is 33.0 Å². The number of aliphatic hydroxyl groups excluding tert-OH is 1. The van der Waals surface area contributed by atoms with E-state index in [1.165, 1.54) is 0 Å². The molecule has 0 saturated heterocycles. The highest BCUT2D eigenvalue weighted by molar-refractivity contribution is 7.91. The zero-order chi connectivity index (χ0) is 13.1. The zero-order valence-corrected chi connectivity index (χ0v) is 10.8. The summed E-state index contributed by atoms with van der Waals surface area (Å²) in [5, 5.41) is 8.68. The van der Waals surface area contributed by atoms with Gasteiger partial charge in [0.1, 0.15) is 0 Å². The van der Waals surface area contributed by atoms with Gasteiger partial charge in [0.2, 0.25) is 0 Å². The van der Waals surface area contributed by atoms with Gasteiger partial charge in [-0.3, -0.25) is 0 Å². The first-order valence-electron chi connectivity index (χ1n) is 4.38. The molecule has 1 aromatic rings. The van der Waals surface area contributed by atoms with Crippen molar-refractivity contribution in [2.24, 2.45) is 0 Å². The van der Waals surface area contributed by atoms with Gasteiger partial charge in [0.15, 0.2) is 8.68 Å². The maximum atomic E-state index is 12.2. The van der Waals surface area contributed by atoms with Crippen LogP contribution in [0.3, 0.4) is 0 Å². The Morgan fingerprint density at radius 1 is 1.59 bits per heavy atom. The van der Waals surface area contributed by atoms with Crippen molar-refractivity contribution in [2.45, 2.75) is 10.6 Å². The number of thiazole rings is 1. The third-order valence-electron chi connectivity index (χ3n) is 1.74. The van der Waals surface area contributed by atoms with Gasteiger partial charge in [0, 0.05) is 6.54 Å². The number of nitrogens with zero attached hydrogens (tertiary/aromatic N) is 2. The maximum Gasteiger partial charge on any atom is 0.254 e. The van der Waals surface area contributed by atoms with E-state index >= 15 is 0 Å². The number of hydrogen-bond acceptors (Lipinski definition) is 5. The second-order valence-corrected chi connectivity index (χ2v) is 6.69. The number of rotatable bonds is 6. The van der Waals surface area contributed by atoms with Gasteiger partial charge < -0.3 is 5.11 Å². The monoisotopic (exact) mass is 306 g/mol. The number of halogens is 3. The molecule has 0 aromatic carbocycles. The fourth-order valence-corrected chi connectivity index (χ4v) is 3.92. The van der Waals surface area contributed by atoms with Gasteiger partial charge in [-0.05, 0) is 0 Å². The lowest BCUT2D eigenvalue weighted by molar-refractivity contribution is 0.113. The van der Waals surface area contributed by atoms with Crippen molar-refractivity contribution in [3.05, 3.63) is 10.7 Å². The quantitative estimate of drug-likeness (QED) is 0.852. The Morgan fingerprint density at radius 3 is 2.65 bits per heavy atom. The number of hydrogen-bond donors (Lipinski definition) is 1. The Kier molecular flexibility index (Phi) is 5.20. The molecule has 0 unspecified atom stereocenters. The molecule has 1 N–H and O–H groups in total. The molecule has 5 nitrogen and oxygen atoms in total. The van der Waals surface area contributed by atoms with E-state index in [0.29, 0.717) is 15.6 Å². The van der Waals surface area contributed by atoms with Crippen LogP contribution in [0.25, 0.3) is 0 Å². The summed E-state index contributed by atoms with van der Waals surface area (Å²) < 4.78 is 48.5. The van der Waals surface area contributed by atoms with E-state index in [1.807, 2.05) is 0 Å². The number of sulfonamides is 1. The molecule has 10 heteroatoms. The second kappa shape index (κ2) is 6.01. The topological polar surface area (TPSA) is 70.5 Å². The maximum absolute atomic E-state index is 12.2. The molecule has 0 amide bonds. The van der Waals surface area contributed by atoms with Crippen LogP contribution < -0.4 is 0 Å². The molecule has 0 radical (unpaired) electrons. The highest BCUT2D eigenvalue weighted by atomic mass is 35.5. The first-order chi connectivity index (χ1) is 7.87. The van der Waals surface area contributed by atoms with E-state index in [1.54, 1.807) is 0 Å². The minimum Gasteiger partial charge on any atom is -0.395 e. The first-order valence-corrected chi connectivity index (χ1v) is 7.02. The van der Waals surface area contributed by atoms with E-state index in [-0.39, 0.29) is 8.68 Å². The molecule has 1 heterocycles. The van der Waals surface area contributed by atoms with Crippen LogP contribution in [-0.4, -0.2) is 48.9 Å². The predicted octanol–water partition coefficient (Wildman–Crippen LogP) is 1.04. The Balaban J connectivity index is 2.99. The molecule has 98 valence electrons. The summed E-state index contributed by atoms with van der Waals surface area (Å²) in [6, 6.07) is 0. The zero-order valence-electron chi connectivity index (χ0n) is 8.38. The van der Waals surface area contributed by atoms with Crippen LogP contribution in [0.2, 0.25) is 4.47 Å². The van der Waals surface area contributed by atoms with Crippen LogP contribution in [0.5, 0.6) is 0 Å². The summed E-state index contributed by atoms with van der Waals surface area (Å²) in [6.07, 6.45) is -1.82. The summed E-state index contributed by atoms with van der Waals surface area (Å²) in [5.41, 5.74) is 0. The highest BCUT2D eigenvalue weighted by Gasteiger charge is 2.28. The van der Waals surface area contributed by atoms with E-state index < -0.39 is 36.1 Å². The standard InChI is InChI=1S/C7H9ClF2N2O3S2/c8-7-11-3-6(16-7)17(14,15)12(1-2-13)4-5(9)10/h3,5,13H,1-2,4H2. The molecule has 17 heavy (non-hydrogen) atoms. The molecule has 1 aromatic heterocycles. The third-order valence-corrected chi connectivity index (χ3v) is 5.16. The van der Waals surface area contributed by atoms with Crippen LogP contribution in [0, 0.1) is 0 Å². The van der Waals surface area contributed by atoms with Crippen molar-refractivity contribution < 1.29 is 22.3 Å². The van der Waals surface area contributed by atoms with Crippen LogP contribution in [-0.2, 0) is 10.0 Å². The number of aromatic nitrogens is 1. The molecule has 1 rings (SSSR count). The summed E-state index contributed by atoms with van der Waals surface area (Å²) in [7, 11) is -4.07. The molecule has 0 fully saturated rings. The fourth-order valence-electron chi connectivity index (χ4n) is 1.06. The molecular weight excluding hydrogens is 298 g/mol. The largest absolute Gasteiger partial charge is 0.395 e. The molecule has 0 bridgehead atoms. The summed E-state index contributed by atoms with van der Waals surface area (Å²) in [5.74, 6) is 0. The lowest BCUT2D eigenvalue weighted by Gasteiger charge is -2.19. The molecular formula is C7H9ClF2N2O3S2. The smallest absolute Gasteiger partial charge is 0.254 e.